The summed E-state index contributed by atoms with van der Waals surface area (Å²) in [7, 11) is 0. The van der Waals surface area contributed by atoms with Gasteiger partial charge >= 0.3 is 17.9 Å². The highest BCUT2D eigenvalue weighted by Gasteiger charge is 2.19. The van der Waals surface area contributed by atoms with Crippen LogP contribution in [0.25, 0.3) is 0 Å². The molecule has 0 saturated heterocycles. The fraction of sp³-hybridized carbons (Fsp3) is 0.769. The number of hydrogen-bond acceptors (Lipinski definition) is 6. The van der Waals surface area contributed by atoms with E-state index in [1.165, 1.54) is 148 Å². The Kier molecular flexibility index (Phi) is 56.8. The summed E-state index contributed by atoms with van der Waals surface area (Å²) in [4.78, 5) is 38.2. The predicted octanol–water partition coefficient (Wildman–Crippen LogP) is 20.5. The van der Waals surface area contributed by atoms with Gasteiger partial charge in [-0.1, -0.05) is 273 Å². The third-order valence-electron chi connectivity index (χ3n) is 13.2. The predicted molar refractivity (Wildman–Crippen MR) is 307 cm³/mol. The molecule has 0 N–H and O–H groups in total. The molecule has 0 fully saturated rings. The molecule has 410 valence electrons. The zero-order chi connectivity index (χ0) is 51.4. The van der Waals surface area contributed by atoms with Crippen LogP contribution in [0.1, 0.15) is 303 Å². The Balaban J connectivity index is 4.34. The first kappa shape index (κ1) is 67.8. The van der Waals surface area contributed by atoms with Crippen LogP contribution in [0, 0.1) is 0 Å². The molecule has 0 amide bonds. The average molecular weight is 992 g/mol. The second-order valence-corrected chi connectivity index (χ2v) is 20.2. The van der Waals surface area contributed by atoms with Gasteiger partial charge in [0.1, 0.15) is 13.2 Å². The molecule has 0 aromatic carbocycles. The van der Waals surface area contributed by atoms with Gasteiger partial charge in [0.25, 0.3) is 0 Å². The topological polar surface area (TPSA) is 78.9 Å². The molecule has 0 radical (unpaired) electrons. The quantitative estimate of drug-likeness (QED) is 0.0261. The molecule has 0 spiro atoms. The van der Waals surface area contributed by atoms with Crippen LogP contribution in [-0.2, 0) is 28.6 Å². The van der Waals surface area contributed by atoms with Gasteiger partial charge in [0, 0.05) is 19.3 Å². The average Bonchev–Trinajstić information content (AvgIpc) is 3.37. The molecule has 0 heterocycles. The number of ether oxygens (including phenoxy) is 3. The van der Waals surface area contributed by atoms with Crippen molar-refractivity contribution in [3.8, 4) is 0 Å². The van der Waals surface area contributed by atoms with Crippen molar-refractivity contribution in [1.29, 1.82) is 0 Å². The van der Waals surface area contributed by atoms with Crippen molar-refractivity contribution in [1.82, 2.24) is 0 Å². The van der Waals surface area contributed by atoms with Gasteiger partial charge in [0.15, 0.2) is 6.10 Å². The van der Waals surface area contributed by atoms with Gasteiger partial charge in [0.2, 0.25) is 0 Å². The molecule has 1 unspecified atom stereocenters. The monoisotopic (exact) mass is 991 g/mol. The Labute approximate surface area is 440 Å². The van der Waals surface area contributed by atoms with Crippen molar-refractivity contribution in [2.24, 2.45) is 0 Å². The molecule has 0 aliphatic rings. The summed E-state index contributed by atoms with van der Waals surface area (Å²) >= 11 is 0. The van der Waals surface area contributed by atoms with E-state index in [4.69, 9.17) is 14.2 Å². The SMILES string of the molecule is CC/C=C\C/C=C\C/C=C\C/C=C\CCCCCCCCCCC(=O)OCC(COC(=O)CCCCCCC/C=C\C/C=C\CCC)OC(=O)CCCCCCCCCCCCCCCCCCCCC. The summed E-state index contributed by atoms with van der Waals surface area (Å²) in [5.74, 6) is -0.890. The van der Waals surface area contributed by atoms with Crippen molar-refractivity contribution in [3.63, 3.8) is 0 Å². The van der Waals surface area contributed by atoms with E-state index in [0.29, 0.717) is 19.3 Å². The van der Waals surface area contributed by atoms with Crippen molar-refractivity contribution in [3.05, 3.63) is 72.9 Å². The highest BCUT2D eigenvalue weighted by molar-refractivity contribution is 5.71. The van der Waals surface area contributed by atoms with Gasteiger partial charge in [-0.05, 0) is 83.5 Å². The van der Waals surface area contributed by atoms with Gasteiger partial charge in [-0.25, -0.2) is 0 Å². The zero-order valence-corrected chi connectivity index (χ0v) is 47.0. The molecule has 6 nitrogen and oxygen atoms in total. The molecule has 6 heteroatoms. The number of hydrogen-bond donors (Lipinski definition) is 0. The van der Waals surface area contributed by atoms with E-state index in [0.717, 1.165) is 116 Å². The van der Waals surface area contributed by atoms with Crippen LogP contribution in [0.2, 0.25) is 0 Å². The van der Waals surface area contributed by atoms with E-state index in [-0.39, 0.29) is 31.1 Å². The van der Waals surface area contributed by atoms with E-state index >= 15 is 0 Å². The second-order valence-electron chi connectivity index (χ2n) is 20.2. The number of allylic oxidation sites excluding steroid dienone is 12. The van der Waals surface area contributed by atoms with E-state index in [1.54, 1.807) is 0 Å². The summed E-state index contributed by atoms with van der Waals surface area (Å²) in [6, 6.07) is 0. The third kappa shape index (κ3) is 57.6. The second kappa shape index (κ2) is 59.4. The van der Waals surface area contributed by atoms with Crippen molar-refractivity contribution >= 4 is 17.9 Å². The summed E-state index contributed by atoms with van der Waals surface area (Å²) in [5.41, 5.74) is 0. The highest BCUT2D eigenvalue weighted by Crippen LogP contribution is 2.17. The van der Waals surface area contributed by atoms with E-state index in [9.17, 15) is 14.4 Å². The van der Waals surface area contributed by atoms with Crippen LogP contribution < -0.4 is 0 Å². The first-order valence-corrected chi connectivity index (χ1v) is 30.4. The van der Waals surface area contributed by atoms with Crippen LogP contribution in [0.3, 0.4) is 0 Å². The molecule has 0 aromatic heterocycles. The fourth-order valence-corrected chi connectivity index (χ4v) is 8.65. The van der Waals surface area contributed by atoms with E-state index in [2.05, 4.69) is 93.7 Å². The van der Waals surface area contributed by atoms with Gasteiger partial charge < -0.3 is 14.2 Å². The summed E-state index contributed by atoms with van der Waals surface area (Å²) < 4.78 is 16.9. The minimum atomic E-state index is -0.784. The number of rotatable bonds is 55. The lowest BCUT2D eigenvalue weighted by Crippen LogP contribution is -2.30. The molecule has 0 rings (SSSR count). The number of carbonyl (C=O) groups is 3. The number of esters is 3. The van der Waals surface area contributed by atoms with Gasteiger partial charge in [0.05, 0.1) is 0 Å². The van der Waals surface area contributed by atoms with E-state index < -0.39 is 6.10 Å². The van der Waals surface area contributed by atoms with Crippen LogP contribution in [-0.4, -0.2) is 37.2 Å². The normalized spacial score (nSPS) is 12.5. The maximum Gasteiger partial charge on any atom is 0.306 e. The number of unbranched alkanes of at least 4 members (excludes halogenated alkanes) is 32. The lowest BCUT2D eigenvalue weighted by molar-refractivity contribution is -0.167. The summed E-state index contributed by atoms with van der Waals surface area (Å²) in [5, 5.41) is 0. The molecule has 0 aliphatic heterocycles. The van der Waals surface area contributed by atoms with Crippen LogP contribution in [0.15, 0.2) is 72.9 Å². The minimum absolute atomic E-state index is 0.0819. The molecule has 0 bridgehead atoms. The maximum absolute atomic E-state index is 12.9. The molecule has 0 aromatic rings. The zero-order valence-electron chi connectivity index (χ0n) is 47.0. The van der Waals surface area contributed by atoms with Gasteiger partial charge in [-0.15, -0.1) is 0 Å². The molecular weight excluding hydrogens is 877 g/mol. The third-order valence-corrected chi connectivity index (χ3v) is 13.2. The number of carbonyl (C=O) groups excluding carboxylic acids is 3. The Morgan fingerprint density at radius 3 is 0.915 bits per heavy atom. The maximum atomic E-state index is 12.9. The van der Waals surface area contributed by atoms with Crippen molar-refractivity contribution < 1.29 is 28.6 Å². The largest absolute Gasteiger partial charge is 0.462 e. The van der Waals surface area contributed by atoms with Crippen molar-refractivity contribution in [2.75, 3.05) is 13.2 Å². The molecule has 0 saturated carbocycles. The van der Waals surface area contributed by atoms with Gasteiger partial charge in [-0.3, -0.25) is 14.4 Å². The Morgan fingerprint density at radius 2 is 0.577 bits per heavy atom. The Morgan fingerprint density at radius 1 is 0.296 bits per heavy atom. The Hall–Kier alpha value is -3.15. The smallest absolute Gasteiger partial charge is 0.306 e. The molecular formula is C65H114O6. The lowest BCUT2D eigenvalue weighted by atomic mass is 10.0. The minimum Gasteiger partial charge on any atom is -0.462 e. The molecule has 1 atom stereocenters. The highest BCUT2D eigenvalue weighted by atomic mass is 16.6. The fourth-order valence-electron chi connectivity index (χ4n) is 8.65. The lowest BCUT2D eigenvalue weighted by Gasteiger charge is -2.18. The molecule has 71 heavy (non-hydrogen) atoms. The summed E-state index contributed by atoms with van der Waals surface area (Å²) in [6.45, 7) is 6.48. The van der Waals surface area contributed by atoms with Crippen LogP contribution in [0.4, 0.5) is 0 Å². The van der Waals surface area contributed by atoms with Crippen molar-refractivity contribution in [2.45, 2.75) is 309 Å². The van der Waals surface area contributed by atoms with Crippen LogP contribution in [0.5, 0.6) is 0 Å². The summed E-state index contributed by atoms with van der Waals surface area (Å²) in [6.07, 6.45) is 76.1. The van der Waals surface area contributed by atoms with Crippen LogP contribution >= 0.6 is 0 Å². The first-order chi connectivity index (χ1) is 35.0. The molecule has 0 aliphatic carbocycles. The van der Waals surface area contributed by atoms with E-state index in [1.807, 2.05) is 0 Å². The van der Waals surface area contributed by atoms with Gasteiger partial charge in [-0.2, -0.15) is 0 Å². The Bertz CT molecular complexity index is 1320. The standard InChI is InChI=1S/C65H114O6/c1-4-7-10-13-16-19-22-25-27-29-31-32-34-35-37-40-43-46-49-52-55-58-64(67)70-61-62(60-69-63(66)57-54-51-48-45-42-39-24-21-18-15-12-9-6-3)71-65(68)59-56-53-50-47-44-41-38-36-33-30-28-26-23-20-17-14-11-8-5-2/h7,10,12,15-16,19,21,24-25,27,31-32,62H,4-6,8-9,11,13-14,17-18,20,22-23,26,28-30,33-61H2,1-3H3/b10-7-,15-12-,19-16-,24-21-,27-25-,32-31-. The first-order valence-electron chi connectivity index (χ1n) is 30.4.